The van der Waals surface area contributed by atoms with Crippen molar-refractivity contribution in [2.45, 2.75) is 6.54 Å². The molecule has 0 fully saturated rings. The second-order valence-corrected chi connectivity index (χ2v) is 4.26. The molecule has 0 radical (unpaired) electrons. The minimum Gasteiger partial charge on any atom is -0.364 e. The van der Waals surface area contributed by atoms with E-state index in [0.29, 0.717) is 0 Å². The van der Waals surface area contributed by atoms with E-state index >= 15 is 0 Å². The summed E-state index contributed by atoms with van der Waals surface area (Å²) in [5.41, 5.74) is 2.18. The largest absolute Gasteiger partial charge is 0.364 e. The molecule has 4 heteroatoms. The summed E-state index contributed by atoms with van der Waals surface area (Å²) in [6.45, 7) is 0.731. The van der Waals surface area contributed by atoms with Crippen molar-refractivity contribution in [3.05, 3.63) is 54.4 Å². The van der Waals surface area contributed by atoms with Gasteiger partial charge >= 0.3 is 0 Å². The Hall–Kier alpha value is -2.36. The second kappa shape index (κ2) is 4.49. The highest BCUT2D eigenvalue weighted by atomic mass is 15.3. The third-order valence-corrected chi connectivity index (χ3v) is 2.83. The van der Waals surface area contributed by atoms with E-state index in [1.807, 2.05) is 43.7 Å². The van der Waals surface area contributed by atoms with Gasteiger partial charge in [-0.2, -0.15) is 5.10 Å². The van der Waals surface area contributed by atoms with Crippen LogP contribution in [-0.4, -0.2) is 14.8 Å². The number of fused-ring (bicyclic) bond motifs is 1. The molecule has 18 heavy (non-hydrogen) atoms. The first-order valence-corrected chi connectivity index (χ1v) is 5.88. The zero-order chi connectivity index (χ0) is 12.4. The quantitative estimate of drug-likeness (QED) is 0.762. The predicted molar refractivity (Wildman–Crippen MR) is 72.3 cm³/mol. The number of benzene rings is 1. The number of aromatic nitrogens is 3. The van der Waals surface area contributed by atoms with E-state index in [9.17, 15) is 0 Å². The number of hydrogen-bond acceptors (Lipinski definition) is 3. The van der Waals surface area contributed by atoms with Crippen LogP contribution in [0, 0.1) is 0 Å². The van der Waals surface area contributed by atoms with Gasteiger partial charge in [0.2, 0.25) is 0 Å². The fourth-order valence-corrected chi connectivity index (χ4v) is 1.92. The molecule has 4 nitrogen and oxygen atoms in total. The molecule has 0 saturated carbocycles. The van der Waals surface area contributed by atoms with Crippen molar-refractivity contribution in [1.82, 2.24) is 14.8 Å². The maximum Gasteiger partial charge on any atom is 0.148 e. The van der Waals surface area contributed by atoms with Crippen LogP contribution in [0.5, 0.6) is 0 Å². The number of rotatable bonds is 3. The molecular weight excluding hydrogens is 224 g/mol. The van der Waals surface area contributed by atoms with Crippen molar-refractivity contribution >= 4 is 16.7 Å². The number of anilines is 1. The molecule has 0 aliphatic heterocycles. The Morgan fingerprint density at radius 2 is 2.11 bits per heavy atom. The maximum atomic E-state index is 4.43. The van der Waals surface area contributed by atoms with Gasteiger partial charge in [0.1, 0.15) is 5.82 Å². The number of nitrogens with one attached hydrogen (secondary N) is 1. The summed E-state index contributed by atoms with van der Waals surface area (Å²) < 4.78 is 1.78. The fraction of sp³-hybridized carbons (Fsp3) is 0.143. The van der Waals surface area contributed by atoms with E-state index in [0.717, 1.165) is 28.8 Å². The highest BCUT2D eigenvalue weighted by molar-refractivity contribution is 5.78. The van der Waals surface area contributed by atoms with Crippen molar-refractivity contribution in [3.8, 4) is 0 Å². The summed E-state index contributed by atoms with van der Waals surface area (Å²) in [5, 5.41) is 8.71. The first-order chi connectivity index (χ1) is 8.81. The van der Waals surface area contributed by atoms with E-state index in [2.05, 4.69) is 27.5 Å². The third kappa shape index (κ3) is 2.18. The molecule has 0 bridgehead atoms. The minimum absolute atomic E-state index is 0.731. The van der Waals surface area contributed by atoms with E-state index in [4.69, 9.17) is 0 Å². The highest BCUT2D eigenvalue weighted by Gasteiger charge is 1.99. The Bertz CT molecular complexity index is 672. The molecule has 1 N–H and O–H groups in total. The van der Waals surface area contributed by atoms with Crippen LogP contribution in [0.3, 0.4) is 0 Å². The Balaban J connectivity index is 1.78. The van der Waals surface area contributed by atoms with Crippen LogP contribution in [0.4, 0.5) is 5.82 Å². The van der Waals surface area contributed by atoms with Gasteiger partial charge in [-0.1, -0.05) is 18.2 Å². The number of hydrogen-bond donors (Lipinski definition) is 1. The molecule has 0 spiro atoms. The molecule has 3 rings (SSSR count). The second-order valence-electron chi connectivity index (χ2n) is 4.26. The van der Waals surface area contributed by atoms with Crippen molar-refractivity contribution in [2.75, 3.05) is 5.32 Å². The van der Waals surface area contributed by atoms with Crippen LogP contribution < -0.4 is 5.32 Å². The van der Waals surface area contributed by atoms with Gasteiger partial charge in [0.05, 0.1) is 5.52 Å². The van der Waals surface area contributed by atoms with Crippen molar-refractivity contribution < 1.29 is 0 Å². The molecule has 0 amide bonds. The van der Waals surface area contributed by atoms with Crippen molar-refractivity contribution in [1.29, 1.82) is 0 Å². The molecule has 0 unspecified atom stereocenters. The lowest BCUT2D eigenvalue weighted by Gasteiger charge is -2.04. The molecule has 0 aliphatic carbocycles. The maximum absolute atomic E-state index is 4.43. The van der Waals surface area contributed by atoms with Crippen molar-refractivity contribution in [2.24, 2.45) is 7.05 Å². The zero-order valence-electron chi connectivity index (χ0n) is 10.2. The molecule has 0 atom stereocenters. The topological polar surface area (TPSA) is 42.7 Å². The van der Waals surface area contributed by atoms with Crippen LogP contribution in [0.15, 0.2) is 48.8 Å². The first-order valence-electron chi connectivity index (χ1n) is 5.88. The van der Waals surface area contributed by atoms with E-state index in [1.54, 1.807) is 4.68 Å². The fourth-order valence-electron chi connectivity index (χ4n) is 1.92. The summed E-state index contributed by atoms with van der Waals surface area (Å²) in [7, 11) is 1.91. The molecule has 0 aliphatic rings. The Morgan fingerprint density at radius 1 is 1.22 bits per heavy atom. The monoisotopic (exact) mass is 238 g/mol. The van der Waals surface area contributed by atoms with E-state index < -0.39 is 0 Å². The zero-order valence-corrected chi connectivity index (χ0v) is 10.2. The molecule has 2 heterocycles. The smallest absolute Gasteiger partial charge is 0.148 e. The first kappa shape index (κ1) is 10.8. The standard InChI is InChI=1S/C14H14N4/c1-18-7-6-14(17-18)16-10-11-8-12-4-2-3-5-13(12)15-9-11/h2-9H,10H2,1H3,(H,16,17). The number of aryl methyl sites for hydroxylation is 1. The average molecular weight is 238 g/mol. The lowest BCUT2D eigenvalue weighted by molar-refractivity contribution is 0.768. The predicted octanol–water partition coefficient (Wildman–Crippen LogP) is 2.58. The molecular formula is C14H14N4. The van der Waals surface area contributed by atoms with Crippen LogP contribution in [-0.2, 0) is 13.6 Å². The van der Waals surface area contributed by atoms with Gasteiger partial charge in [0, 0.05) is 37.4 Å². The minimum atomic E-state index is 0.731. The van der Waals surface area contributed by atoms with Gasteiger partial charge in [0.25, 0.3) is 0 Å². The van der Waals surface area contributed by atoms with Crippen molar-refractivity contribution in [3.63, 3.8) is 0 Å². The summed E-state index contributed by atoms with van der Waals surface area (Å²) in [6, 6.07) is 12.2. The molecule has 3 aromatic rings. The van der Waals surface area contributed by atoms with Gasteiger partial charge < -0.3 is 5.32 Å². The average Bonchev–Trinajstić information content (AvgIpc) is 2.82. The Labute approximate surface area is 105 Å². The SMILES string of the molecule is Cn1ccc(NCc2cnc3ccccc3c2)n1. The summed E-state index contributed by atoms with van der Waals surface area (Å²) in [4.78, 5) is 4.43. The van der Waals surface area contributed by atoms with Crippen LogP contribution >= 0.6 is 0 Å². The summed E-state index contributed by atoms with van der Waals surface area (Å²) in [5.74, 6) is 0.880. The van der Waals surface area contributed by atoms with Gasteiger partial charge in [-0.15, -0.1) is 0 Å². The number of pyridine rings is 1. The van der Waals surface area contributed by atoms with Gasteiger partial charge in [-0.25, -0.2) is 0 Å². The van der Waals surface area contributed by atoms with Crippen LogP contribution in [0.25, 0.3) is 10.9 Å². The van der Waals surface area contributed by atoms with Crippen LogP contribution in [0.1, 0.15) is 5.56 Å². The highest BCUT2D eigenvalue weighted by Crippen LogP contribution is 2.13. The third-order valence-electron chi connectivity index (χ3n) is 2.83. The molecule has 0 saturated heterocycles. The van der Waals surface area contributed by atoms with Gasteiger partial charge in [0.15, 0.2) is 0 Å². The molecule has 2 aromatic heterocycles. The number of para-hydroxylation sites is 1. The Kier molecular flexibility index (Phi) is 2.68. The lowest BCUT2D eigenvalue weighted by Crippen LogP contribution is -2.01. The Morgan fingerprint density at radius 3 is 2.94 bits per heavy atom. The normalized spacial score (nSPS) is 10.7. The molecule has 1 aromatic carbocycles. The van der Waals surface area contributed by atoms with Crippen LogP contribution in [0.2, 0.25) is 0 Å². The molecule has 90 valence electrons. The number of nitrogens with zero attached hydrogens (tertiary/aromatic N) is 3. The van der Waals surface area contributed by atoms with E-state index in [-0.39, 0.29) is 0 Å². The summed E-state index contributed by atoms with van der Waals surface area (Å²) >= 11 is 0. The summed E-state index contributed by atoms with van der Waals surface area (Å²) in [6.07, 6.45) is 3.82. The van der Waals surface area contributed by atoms with Gasteiger partial charge in [-0.3, -0.25) is 9.67 Å². The van der Waals surface area contributed by atoms with Gasteiger partial charge in [-0.05, 0) is 17.7 Å². The van der Waals surface area contributed by atoms with E-state index in [1.165, 1.54) is 0 Å². The lowest BCUT2D eigenvalue weighted by atomic mass is 10.1.